The molecule has 0 aromatic heterocycles. The molecule has 2 heteroatoms. The maximum absolute atomic E-state index is 11.8. The van der Waals surface area contributed by atoms with Crippen LogP contribution in [0.4, 0.5) is 0 Å². The van der Waals surface area contributed by atoms with E-state index in [-0.39, 0.29) is 0 Å². The molecule has 2 aromatic carbocycles. The van der Waals surface area contributed by atoms with Crippen LogP contribution in [0.1, 0.15) is 24.5 Å². The average Bonchev–Trinajstić information content (AvgIpc) is 2.54. The zero-order chi connectivity index (χ0) is 14.4. The molecule has 0 aliphatic carbocycles. The minimum Gasteiger partial charge on any atom is -0.446 e. The highest BCUT2D eigenvalue weighted by Crippen LogP contribution is 2.37. The third-order valence-electron chi connectivity index (χ3n) is 3.42. The summed E-state index contributed by atoms with van der Waals surface area (Å²) in [7, 11) is 0. The van der Waals surface area contributed by atoms with E-state index < -0.39 is 11.6 Å². The molecule has 0 saturated heterocycles. The van der Waals surface area contributed by atoms with E-state index in [0.29, 0.717) is 6.42 Å². The third-order valence-corrected chi connectivity index (χ3v) is 3.42. The van der Waals surface area contributed by atoms with Gasteiger partial charge in [-0.1, -0.05) is 74.2 Å². The van der Waals surface area contributed by atoms with Gasteiger partial charge in [-0.2, -0.15) is 0 Å². The summed E-state index contributed by atoms with van der Waals surface area (Å²) in [5, 5.41) is 0. The van der Waals surface area contributed by atoms with Crippen LogP contribution in [0.25, 0.3) is 0 Å². The fourth-order valence-electron chi connectivity index (χ4n) is 2.39. The highest BCUT2D eigenvalue weighted by atomic mass is 16.6. The molecule has 0 amide bonds. The van der Waals surface area contributed by atoms with Crippen LogP contribution in [0.15, 0.2) is 73.3 Å². The Balaban J connectivity index is 2.58. The Labute approximate surface area is 119 Å². The van der Waals surface area contributed by atoms with E-state index in [1.54, 1.807) is 0 Å². The first-order valence-electron chi connectivity index (χ1n) is 6.69. The number of ether oxygens (including phenoxy) is 1. The quantitative estimate of drug-likeness (QED) is 0.602. The van der Waals surface area contributed by atoms with Crippen LogP contribution in [0, 0.1) is 0 Å². The predicted octanol–water partition coefficient (Wildman–Crippen LogP) is 4.07. The van der Waals surface area contributed by atoms with Crippen molar-refractivity contribution in [3.63, 3.8) is 0 Å². The van der Waals surface area contributed by atoms with Crippen molar-refractivity contribution in [1.29, 1.82) is 0 Å². The Hall–Kier alpha value is -2.35. The molecular formula is C18H18O2. The van der Waals surface area contributed by atoms with E-state index in [2.05, 4.69) is 6.58 Å². The maximum Gasteiger partial charge on any atom is 0.331 e. The lowest BCUT2D eigenvalue weighted by atomic mass is 9.84. The number of hydrogen-bond acceptors (Lipinski definition) is 2. The molecule has 2 rings (SSSR count). The number of hydrogen-bond donors (Lipinski definition) is 0. The fraction of sp³-hybridized carbons (Fsp3) is 0.167. The van der Waals surface area contributed by atoms with Crippen LogP contribution in [-0.2, 0) is 15.1 Å². The van der Waals surface area contributed by atoms with Gasteiger partial charge in [0.2, 0.25) is 0 Å². The van der Waals surface area contributed by atoms with E-state index in [1.807, 2.05) is 67.6 Å². The van der Waals surface area contributed by atoms with Gasteiger partial charge in [0.05, 0.1) is 0 Å². The fourth-order valence-corrected chi connectivity index (χ4v) is 2.39. The zero-order valence-corrected chi connectivity index (χ0v) is 11.6. The van der Waals surface area contributed by atoms with Gasteiger partial charge >= 0.3 is 5.97 Å². The Morgan fingerprint density at radius 3 is 1.85 bits per heavy atom. The van der Waals surface area contributed by atoms with E-state index in [9.17, 15) is 4.79 Å². The van der Waals surface area contributed by atoms with E-state index >= 15 is 0 Å². The topological polar surface area (TPSA) is 26.3 Å². The van der Waals surface area contributed by atoms with Gasteiger partial charge in [-0.15, -0.1) is 0 Å². The highest BCUT2D eigenvalue weighted by Gasteiger charge is 2.35. The second-order valence-electron chi connectivity index (χ2n) is 4.54. The van der Waals surface area contributed by atoms with Crippen LogP contribution in [-0.4, -0.2) is 5.97 Å². The first-order valence-corrected chi connectivity index (χ1v) is 6.69. The predicted molar refractivity (Wildman–Crippen MR) is 80.2 cm³/mol. The Kier molecular flexibility index (Phi) is 4.36. The van der Waals surface area contributed by atoms with Crippen molar-refractivity contribution in [3.8, 4) is 0 Å². The number of rotatable bonds is 5. The highest BCUT2D eigenvalue weighted by molar-refractivity contribution is 5.82. The molecule has 0 atom stereocenters. The van der Waals surface area contributed by atoms with Gasteiger partial charge in [-0.05, 0) is 6.42 Å². The molecule has 0 N–H and O–H groups in total. The molecule has 0 spiro atoms. The van der Waals surface area contributed by atoms with E-state index in [4.69, 9.17) is 4.74 Å². The molecule has 20 heavy (non-hydrogen) atoms. The van der Waals surface area contributed by atoms with Gasteiger partial charge in [-0.25, -0.2) is 4.79 Å². The SMILES string of the molecule is C=CC(=O)OC(CC)(c1ccccc1)c1ccccc1. The molecule has 2 nitrogen and oxygen atoms in total. The molecule has 0 heterocycles. The third kappa shape index (κ3) is 2.64. The number of carbonyl (C=O) groups excluding carboxylic acids is 1. The first-order chi connectivity index (χ1) is 9.73. The minimum atomic E-state index is -0.770. The second kappa shape index (κ2) is 6.20. The monoisotopic (exact) mass is 266 g/mol. The van der Waals surface area contributed by atoms with Crippen molar-refractivity contribution in [1.82, 2.24) is 0 Å². The Morgan fingerprint density at radius 1 is 1.05 bits per heavy atom. The molecule has 0 aliphatic heterocycles. The lowest BCUT2D eigenvalue weighted by Crippen LogP contribution is -2.32. The van der Waals surface area contributed by atoms with Crippen molar-refractivity contribution in [2.45, 2.75) is 18.9 Å². The number of benzene rings is 2. The minimum absolute atomic E-state index is 0.417. The molecule has 0 unspecified atom stereocenters. The van der Waals surface area contributed by atoms with Crippen LogP contribution < -0.4 is 0 Å². The van der Waals surface area contributed by atoms with Gasteiger partial charge in [0.1, 0.15) is 0 Å². The lowest BCUT2D eigenvalue weighted by Gasteiger charge is -2.33. The molecule has 2 aromatic rings. The largest absolute Gasteiger partial charge is 0.446 e. The summed E-state index contributed by atoms with van der Waals surface area (Å²) in [5.41, 5.74) is 1.15. The lowest BCUT2D eigenvalue weighted by molar-refractivity contribution is -0.150. The number of carbonyl (C=O) groups is 1. The maximum atomic E-state index is 11.8. The molecule has 0 aliphatic rings. The summed E-state index contributed by atoms with van der Waals surface area (Å²) in [6.45, 7) is 5.50. The summed E-state index contributed by atoms with van der Waals surface area (Å²) in [6, 6.07) is 19.6. The normalized spacial score (nSPS) is 10.8. The van der Waals surface area contributed by atoms with Crippen LogP contribution in [0.2, 0.25) is 0 Å². The molecular weight excluding hydrogens is 248 g/mol. The smallest absolute Gasteiger partial charge is 0.331 e. The van der Waals surface area contributed by atoms with Gasteiger partial charge in [0.15, 0.2) is 5.60 Å². The Morgan fingerprint density at radius 2 is 1.50 bits per heavy atom. The summed E-state index contributed by atoms with van der Waals surface area (Å²) >= 11 is 0. The van der Waals surface area contributed by atoms with Crippen molar-refractivity contribution in [3.05, 3.63) is 84.4 Å². The summed E-state index contributed by atoms with van der Waals surface area (Å²) in [6.07, 6.45) is 1.86. The molecule has 0 bridgehead atoms. The molecule has 0 radical (unpaired) electrons. The molecule has 102 valence electrons. The standard InChI is InChI=1S/C18H18O2/c1-3-17(19)20-18(4-2,15-11-7-5-8-12-15)16-13-9-6-10-14-16/h3,5-14H,1,4H2,2H3. The van der Waals surface area contributed by atoms with Gasteiger partial charge in [-0.3, -0.25) is 0 Å². The van der Waals surface area contributed by atoms with Crippen LogP contribution >= 0.6 is 0 Å². The van der Waals surface area contributed by atoms with E-state index in [1.165, 1.54) is 6.08 Å². The number of esters is 1. The van der Waals surface area contributed by atoms with Crippen LogP contribution in [0.5, 0.6) is 0 Å². The summed E-state index contributed by atoms with van der Waals surface area (Å²) in [5.74, 6) is -0.417. The van der Waals surface area contributed by atoms with Crippen LogP contribution in [0.3, 0.4) is 0 Å². The van der Waals surface area contributed by atoms with Crippen molar-refractivity contribution < 1.29 is 9.53 Å². The van der Waals surface area contributed by atoms with Gasteiger partial charge < -0.3 is 4.74 Å². The summed E-state index contributed by atoms with van der Waals surface area (Å²) in [4.78, 5) is 11.8. The van der Waals surface area contributed by atoms with Crippen molar-refractivity contribution in [2.75, 3.05) is 0 Å². The summed E-state index contributed by atoms with van der Waals surface area (Å²) < 4.78 is 5.75. The van der Waals surface area contributed by atoms with Crippen molar-refractivity contribution >= 4 is 5.97 Å². The average molecular weight is 266 g/mol. The van der Waals surface area contributed by atoms with E-state index in [0.717, 1.165) is 11.1 Å². The Bertz CT molecular complexity index is 533. The van der Waals surface area contributed by atoms with Gasteiger partial charge in [0, 0.05) is 17.2 Å². The first kappa shape index (κ1) is 14.1. The second-order valence-corrected chi connectivity index (χ2v) is 4.54. The zero-order valence-electron chi connectivity index (χ0n) is 11.6. The molecule has 0 fully saturated rings. The van der Waals surface area contributed by atoms with Crippen molar-refractivity contribution in [2.24, 2.45) is 0 Å². The van der Waals surface area contributed by atoms with Gasteiger partial charge in [0.25, 0.3) is 0 Å². The molecule has 0 saturated carbocycles.